The Morgan fingerprint density at radius 3 is 1.96 bits per heavy atom. The number of azo groups is 1. The van der Waals surface area contributed by atoms with Gasteiger partial charge in [0, 0.05) is 19.8 Å². The number of aromatic nitrogens is 2. The van der Waals surface area contributed by atoms with E-state index >= 15 is 0 Å². The molecular formula is C19H24N7+. The zero-order valence-corrected chi connectivity index (χ0v) is 15.5. The standard InChI is InChI=1S/C19H23N7/c1-24(2)18-11-9-17(10-12-18)21-20-15-5-7-16(8-6-15)22-23-19-25(3)13-14-26(19)4/h5-14H,1-4H3,(H,21,22)/p+1. The third kappa shape index (κ3) is 4.18. The first-order valence-corrected chi connectivity index (χ1v) is 8.35. The molecular weight excluding hydrogens is 326 g/mol. The Labute approximate surface area is 153 Å². The van der Waals surface area contributed by atoms with Crippen molar-refractivity contribution in [1.82, 2.24) is 4.57 Å². The van der Waals surface area contributed by atoms with E-state index in [0.29, 0.717) is 0 Å². The molecule has 7 heteroatoms. The summed E-state index contributed by atoms with van der Waals surface area (Å²) in [7, 11) is 7.99. The molecule has 1 aromatic heterocycles. The Balaban J connectivity index is 1.60. The molecule has 2 N–H and O–H groups in total. The first kappa shape index (κ1) is 17.5. The summed E-state index contributed by atoms with van der Waals surface area (Å²) in [5.41, 5.74) is 10.1. The quantitative estimate of drug-likeness (QED) is 0.404. The summed E-state index contributed by atoms with van der Waals surface area (Å²) < 4.78 is 3.99. The van der Waals surface area contributed by atoms with E-state index in [4.69, 9.17) is 0 Å². The van der Waals surface area contributed by atoms with Crippen molar-refractivity contribution < 1.29 is 4.57 Å². The molecule has 0 aliphatic rings. The van der Waals surface area contributed by atoms with Crippen LogP contribution in [0.3, 0.4) is 0 Å². The second-order valence-corrected chi connectivity index (χ2v) is 6.25. The number of hydrogen-bond donors (Lipinski definition) is 2. The summed E-state index contributed by atoms with van der Waals surface area (Å²) in [5.74, 6) is 0.954. The first-order valence-electron chi connectivity index (χ1n) is 8.35. The lowest BCUT2D eigenvalue weighted by Gasteiger charge is -2.11. The Morgan fingerprint density at radius 2 is 1.46 bits per heavy atom. The fourth-order valence-corrected chi connectivity index (χ4v) is 2.44. The number of anilines is 3. The maximum absolute atomic E-state index is 4.29. The summed E-state index contributed by atoms with van der Waals surface area (Å²) >= 11 is 0. The number of nitrogens with one attached hydrogen (secondary N) is 2. The maximum atomic E-state index is 4.29. The van der Waals surface area contributed by atoms with Crippen LogP contribution in [0.1, 0.15) is 0 Å². The molecule has 0 unspecified atom stereocenters. The highest BCUT2D eigenvalue weighted by molar-refractivity contribution is 5.54. The number of hydrazine groups is 1. The average molecular weight is 350 g/mol. The van der Waals surface area contributed by atoms with Crippen molar-refractivity contribution in [3.8, 4) is 0 Å². The Kier molecular flexibility index (Phi) is 5.17. The van der Waals surface area contributed by atoms with E-state index in [1.165, 1.54) is 0 Å². The van der Waals surface area contributed by atoms with Gasteiger partial charge < -0.3 is 4.90 Å². The highest BCUT2D eigenvalue weighted by atomic mass is 15.4. The third-order valence-electron chi connectivity index (χ3n) is 4.02. The van der Waals surface area contributed by atoms with Crippen molar-refractivity contribution in [3.05, 3.63) is 60.9 Å². The van der Waals surface area contributed by atoms with Gasteiger partial charge in [-0.2, -0.15) is 15.7 Å². The lowest BCUT2D eigenvalue weighted by Crippen LogP contribution is -2.32. The number of hydrogen-bond acceptors (Lipinski definition) is 5. The van der Waals surface area contributed by atoms with Crippen LogP contribution in [0.5, 0.6) is 0 Å². The van der Waals surface area contributed by atoms with Crippen molar-refractivity contribution in [2.45, 2.75) is 0 Å². The molecule has 0 amide bonds. The van der Waals surface area contributed by atoms with Crippen LogP contribution in [0.4, 0.5) is 28.7 Å². The molecule has 0 aliphatic heterocycles. The SMILES string of the molecule is CN(C)c1ccc(N=Nc2ccc(NNc3n(C)cc[n+]3C)cc2)cc1. The smallest absolute Gasteiger partial charge is 0.378 e. The zero-order chi connectivity index (χ0) is 18.5. The van der Waals surface area contributed by atoms with Crippen LogP contribution in [0.2, 0.25) is 0 Å². The number of aryl methyl sites for hydroxylation is 2. The lowest BCUT2D eigenvalue weighted by molar-refractivity contribution is -0.656. The second kappa shape index (κ2) is 7.69. The molecule has 0 aliphatic carbocycles. The normalized spacial score (nSPS) is 10.9. The molecule has 0 spiro atoms. The Hall–Kier alpha value is -3.35. The predicted octanol–water partition coefficient (Wildman–Crippen LogP) is 3.77. The van der Waals surface area contributed by atoms with E-state index in [2.05, 4.69) is 26.0 Å². The van der Waals surface area contributed by atoms with Crippen LogP contribution < -0.4 is 20.3 Å². The van der Waals surface area contributed by atoms with Crippen LogP contribution >= 0.6 is 0 Å². The van der Waals surface area contributed by atoms with Gasteiger partial charge in [0.25, 0.3) is 0 Å². The molecule has 7 nitrogen and oxygen atoms in total. The summed E-state index contributed by atoms with van der Waals surface area (Å²) in [4.78, 5) is 2.05. The predicted molar refractivity (Wildman–Crippen MR) is 105 cm³/mol. The van der Waals surface area contributed by atoms with Gasteiger partial charge in [-0.3, -0.25) is 5.43 Å². The molecule has 1 heterocycles. The average Bonchev–Trinajstić information content (AvgIpc) is 2.97. The van der Waals surface area contributed by atoms with Crippen LogP contribution in [-0.4, -0.2) is 18.7 Å². The monoisotopic (exact) mass is 350 g/mol. The lowest BCUT2D eigenvalue weighted by atomic mass is 10.3. The summed E-state index contributed by atoms with van der Waals surface area (Å²) in [6.07, 6.45) is 3.97. The molecule has 0 radical (unpaired) electrons. The summed E-state index contributed by atoms with van der Waals surface area (Å²) in [5, 5.41) is 8.57. The van der Waals surface area contributed by atoms with Gasteiger partial charge in [0.1, 0.15) is 0 Å². The highest BCUT2D eigenvalue weighted by Crippen LogP contribution is 2.22. The van der Waals surface area contributed by atoms with Crippen LogP contribution in [0, 0.1) is 0 Å². The minimum atomic E-state index is 0.802. The van der Waals surface area contributed by atoms with Gasteiger partial charge >= 0.3 is 5.95 Å². The van der Waals surface area contributed by atoms with Crippen molar-refractivity contribution in [1.29, 1.82) is 0 Å². The molecule has 0 saturated heterocycles. The molecule has 2 aromatic carbocycles. The highest BCUT2D eigenvalue weighted by Gasteiger charge is 2.09. The van der Waals surface area contributed by atoms with E-state index < -0.39 is 0 Å². The molecule has 0 fully saturated rings. The number of nitrogens with zero attached hydrogens (tertiary/aromatic N) is 5. The molecule has 0 saturated carbocycles. The molecule has 134 valence electrons. The Morgan fingerprint density at radius 1 is 0.885 bits per heavy atom. The molecule has 0 atom stereocenters. The van der Waals surface area contributed by atoms with E-state index in [1.54, 1.807) is 0 Å². The van der Waals surface area contributed by atoms with Gasteiger partial charge in [-0.1, -0.05) is 0 Å². The van der Waals surface area contributed by atoms with Crippen LogP contribution in [0.25, 0.3) is 0 Å². The van der Waals surface area contributed by atoms with E-state index in [0.717, 1.165) is 28.7 Å². The maximum Gasteiger partial charge on any atom is 0.378 e. The zero-order valence-electron chi connectivity index (χ0n) is 15.5. The number of rotatable bonds is 6. The molecule has 3 aromatic rings. The van der Waals surface area contributed by atoms with Gasteiger partial charge in [0.2, 0.25) is 0 Å². The van der Waals surface area contributed by atoms with Crippen molar-refractivity contribution in [2.24, 2.45) is 24.3 Å². The van der Waals surface area contributed by atoms with Gasteiger partial charge in [-0.05, 0) is 48.5 Å². The van der Waals surface area contributed by atoms with Crippen molar-refractivity contribution in [2.75, 3.05) is 29.8 Å². The second-order valence-electron chi connectivity index (χ2n) is 6.25. The van der Waals surface area contributed by atoms with E-state index in [-0.39, 0.29) is 0 Å². The van der Waals surface area contributed by atoms with Gasteiger partial charge in [0.05, 0.1) is 43.6 Å². The minimum absolute atomic E-state index is 0.802. The van der Waals surface area contributed by atoms with Crippen LogP contribution in [0.15, 0.2) is 71.2 Å². The van der Waals surface area contributed by atoms with Gasteiger partial charge in [-0.15, -0.1) is 0 Å². The van der Waals surface area contributed by atoms with Gasteiger partial charge in [-0.25, -0.2) is 9.13 Å². The topological polar surface area (TPSA) is 60.8 Å². The number of benzene rings is 2. The fourth-order valence-electron chi connectivity index (χ4n) is 2.44. The van der Waals surface area contributed by atoms with E-state index in [9.17, 15) is 0 Å². The summed E-state index contributed by atoms with van der Waals surface area (Å²) in [6.45, 7) is 0. The molecule has 26 heavy (non-hydrogen) atoms. The van der Waals surface area contributed by atoms with E-state index in [1.807, 2.05) is 98.2 Å². The largest absolute Gasteiger partial charge is 0.378 e. The van der Waals surface area contributed by atoms with Crippen molar-refractivity contribution in [3.63, 3.8) is 0 Å². The van der Waals surface area contributed by atoms with Gasteiger partial charge in [0.15, 0.2) is 0 Å². The first-order chi connectivity index (χ1) is 12.5. The molecule has 3 rings (SSSR count). The van der Waals surface area contributed by atoms with Crippen molar-refractivity contribution >= 4 is 28.7 Å². The summed E-state index contributed by atoms with van der Waals surface area (Å²) in [6, 6.07) is 15.7. The fraction of sp³-hybridized carbons (Fsp3) is 0.211. The minimum Gasteiger partial charge on any atom is -0.378 e. The van der Waals surface area contributed by atoms with Crippen LogP contribution in [-0.2, 0) is 14.1 Å². The molecule has 0 bridgehead atoms. The third-order valence-corrected chi connectivity index (χ3v) is 4.02. The number of imidazole rings is 1. The Bertz CT molecular complexity index is 858.